The van der Waals surface area contributed by atoms with Gasteiger partial charge in [-0.05, 0) is 26.7 Å². The lowest BCUT2D eigenvalue weighted by atomic mass is 10.0. The zero-order chi connectivity index (χ0) is 24.0. The lowest BCUT2D eigenvalue weighted by molar-refractivity contribution is -0.122. The third-order valence-corrected chi connectivity index (χ3v) is 6.81. The van der Waals surface area contributed by atoms with Crippen molar-refractivity contribution in [3.63, 3.8) is 0 Å². The lowest BCUT2D eigenvalue weighted by Gasteiger charge is -2.31. The highest BCUT2D eigenvalue weighted by atomic mass is 16.3. The van der Waals surface area contributed by atoms with Crippen LogP contribution in [-0.4, -0.2) is 52.2 Å². The van der Waals surface area contributed by atoms with Crippen molar-refractivity contribution >= 4 is 5.78 Å². The Morgan fingerprint density at radius 3 is 1.25 bits per heavy atom. The minimum atomic E-state index is -0.424. The second-order valence-electron chi connectivity index (χ2n) is 10.1. The summed E-state index contributed by atoms with van der Waals surface area (Å²) in [5.74, 6) is 0.101. The fraction of sp³-hybridized carbons (Fsp3) is 0.964. The van der Waals surface area contributed by atoms with E-state index < -0.39 is 12.2 Å². The van der Waals surface area contributed by atoms with Crippen LogP contribution in [0.3, 0.4) is 0 Å². The van der Waals surface area contributed by atoms with Gasteiger partial charge in [0.1, 0.15) is 5.78 Å². The number of hydrogen-bond donors (Lipinski definition) is 2. The molecule has 0 saturated carbocycles. The molecule has 192 valence electrons. The predicted octanol–water partition coefficient (Wildman–Crippen LogP) is 7.05. The molecule has 0 aliphatic rings. The Balaban J connectivity index is 4.10. The minimum absolute atomic E-state index is 0.101. The molecule has 0 fully saturated rings. The maximum atomic E-state index is 12.0. The van der Waals surface area contributed by atoms with Crippen molar-refractivity contribution in [1.82, 2.24) is 4.90 Å². The average molecular weight is 456 g/mol. The average Bonchev–Trinajstić information content (AvgIpc) is 2.76. The molecule has 3 atom stereocenters. The van der Waals surface area contributed by atoms with E-state index in [1.54, 1.807) is 6.92 Å². The number of carbonyl (C=O) groups excluding carboxylic acids is 1. The zero-order valence-corrected chi connectivity index (χ0v) is 22.1. The molecule has 0 aliphatic heterocycles. The van der Waals surface area contributed by atoms with E-state index in [9.17, 15) is 15.0 Å². The Bertz CT molecular complexity index is 387. The summed E-state index contributed by atoms with van der Waals surface area (Å²) in [7, 11) is 0. The van der Waals surface area contributed by atoms with Crippen LogP contribution in [0.4, 0.5) is 0 Å². The molecule has 0 aromatic rings. The molecule has 4 nitrogen and oxygen atoms in total. The predicted molar refractivity (Wildman–Crippen MR) is 138 cm³/mol. The van der Waals surface area contributed by atoms with Crippen LogP contribution in [-0.2, 0) is 4.79 Å². The van der Waals surface area contributed by atoms with Gasteiger partial charge in [-0.2, -0.15) is 0 Å². The van der Waals surface area contributed by atoms with Gasteiger partial charge in [-0.25, -0.2) is 0 Å². The van der Waals surface area contributed by atoms with Crippen LogP contribution in [0, 0.1) is 0 Å². The highest BCUT2D eigenvalue weighted by Crippen LogP contribution is 2.15. The number of aliphatic hydroxyl groups excluding tert-OH is 2. The first-order chi connectivity index (χ1) is 15.4. The third kappa shape index (κ3) is 19.1. The molecule has 0 aromatic heterocycles. The molecule has 0 rings (SSSR count). The standard InChI is InChI=1S/C28H57NO3/c1-5-7-9-11-13-15-17-19-21-27(31)23-29(25(3)26(4)30)24-28(32)22-20-18-16-14-12-10-8-6-2/h25,27-28,31-32H,5-24H2,1-4H3. The molecule has 0 bridgehead atoms. The van der Waals surface area contributed by atoms with Crippen LogP contribution in [0.5, 0.6) is 0 Å². The van der Waals surface area contributed by atoms with E-state index in [0.29, 0.717) is 13.1 Å². The van der Waals surface area contributed by atoms with Crippen molar-refractivity contribution in [2.75, 3.05) is 13.1 Å². The Morgan fingerprint density at radius 2 is 0.938 bits per heavy atom. The summed E-state index contributed by atoms with van der Waals surface area (Å²) in [6.45, 7) is 8.94. The summed E-state index contributed by atoms with van der Waals surface area (Å²) in [6.07, 6.45) is 20.9. The first-order valence-electron chi connectivity index (χ1n) is 14.0. The Hall–Kier alpha value is -0.450. The van der Waals surface area contributed by atoms with Crippen molar-refractivity contribution in [3.05, 3.63) is 0 Å². The summed E-state index contributed by atoms with van der Waals surface area (Å²) < 4.78 is 0. The Morgan fingerprint density at radius 1 is 0.625 bits per heavy atom. The highest BCUT2D eigenvalue weighted by molar-refractivity contribution is 5.80. The van der Waals surface area contributed by atoms with Crippen LogP contribution in [0.1, 0.15) is 143 Å². The first kappa shape index (κ1) is 31.6. The summed E-state index contributed by atoms with van der Waals surface area (Å²) in [6, 6.07) is -0.253. The number of nitrogens with zero attached hydrogens (tertiary/aromatic N) is 1. The van der Waals surface area contributed by atoms with Crippen LogP contribution in [0.25, 0.3) is 0 Å². The fourth-order valence-electron chi connectivity index (χ4n) is 4.40. The Labute approximate surface area is 200 Å². The fourth-order valence-corrected chi connectivity index (χ4v) is 4.40. The number of hydrogen-bond acceptors (Lipinski definition) is 4. The maximum Gasteiger partial charge on any atom is 0.146 e. The quantitative estimate of drug-likeness (QED) is 0.153. The monoisotopic (exact) mass is 455 g/mol. The number of carbonyl (C=O) groups is 1. The molecule has 0 heterocycles. The van der Waals surface area contributed by atoms with E-state index in [1.165, 1.54) is 89.9 Å². The van der Waals surface area contributed by atoms with Crippen LogP contribution >= 0.6 is 0 Å². The van der Waals surface area contributed by atoms with Gasteiger partial charge >= 0.3 is 0 Å². The van der Waals surface area contributed by atoms with Gasteiger partial charge in [0.15, 0.2) is 0 Å². The molecule has 0 spiro atoms. The van der Waals surface area contributed by atoms with Crippen molar-refractivity contribution < 1.29 is 15.0 Å². The van der Waals surface area contributed by atoms with E-state index in [0.717, 1.165) is 25.7 Å². The zero-order valence-electron chi connectivity index (χ0n) is 22.1. The van der Waals surface area contributed by atoms with Gasteiger partial charge in [-0.3, -0.25) is 9.69 Å². The second-order valence-corrected chi connectivity index (χ2v) is 10.1. The molecule has 0 aliphatic carbocycles. The summed E-state index contributed by atoms with van der Waals surface area (Å²) >= 11 is 0. The van der Waals surface area contributed by atoms with E-state index in [1.807, 2.05) is 11.8 Å². The number of rotatable bonds is 24. The van der Waals surface area contributed by atoms with Crippen LogP contribution in [0.15, 0.2) is 0 Å². The van der Waals surface area contributed by atoms with Crippen molar-refractivity contribution in [2.24, 2.45) is 0 Å². The Kier molecular flexibility index (Phi) is 22.0. The normalized spacial score (nSPS) is 14.6. The third-order valence-electron chi connectivity index (χ3n) is 6.81. The van der Waals surface area contributed by atoms with E-state index >= 15 is 0 Å². The molecular weight excluding hydrogens is 398 g/mol. The first-order valence-corrected chi connectivity index (χ1v) is 14.0. The summed E-state index contributed by atoms with van der Waals surface area (Å²) in [5, 5.41) is 21.1. The summed E-state index contributed by atoms with van der Waals surface area (Å²) in [5.41, 5.74) is 0. The highest BCUT2D eigenvalue weighted by Gasteiger charge is 2.23. The molecule has 0 radical (unpaired) electrons. The van der Waals surface area contributed by atoms with Gasteiger partial charge in [0, 0.05) is 13.1 Å². The van der Waals surface area contributed by atoms with Gasteiger partial charge in [0.05, 0.1) is 18.2 Å². The molecule has 0 amide bonds. The lowest BCUT2D eigenvalue weighted by Crippen LogP contribution is -2.46. The van der Waals surface area contributed by atoms with Crippen LogP contribution in [0.2, 0.25) is 0 Å². The van der Waals surface area contributed by atoms with Crippen molar-refractivity contribution in [2.45, 2.75) is 162 Å². The minimum Gasteiger partial charge on any atom is -0.392 e. The smallest absolute Gasteiger partial charge is 0.146 e. The van der Waals surface area contributed by atoms with Gasteiger partial charge in [-0.1, -0.05) is 117 Å². The van der Waals surface area contributed by atoms with Gasteiger partial charge in [0.25, 0.3) is 0 Å². The van der Waals surface area contributed by atoms with E-state index in [4.69, 9.17) is 0 Å². The van der Waals surface area contributed by atoms with Crippen molar-refractivity contribution in [1.29, 1.82) is 0 Å². The number of unbranched alkanes of at least 4 members (excludes halogenated alkanes) is 14. The van der Waals surface area contributed by atoms with E-state index in [2.05, 4.69) is 13.8 Å². The number of Topliss-reactive ketones (excluding diaryl/α,β-unsaturated/α-hetero) is 1. The molecule has 32 heavy (non-hydrogen) atoms. The molecule has 3 unspecified atom stereocenters. The SMILES string of the molecule is CCCCCCCCCCC(O)CN(CC(O)CCCCCCCCCC)C(C)C(C)=O. The number of aliphatic hydroxyl groups is 2. The largest absolute Gasteiger partial charge is 0.392 e. The summed E-state index contributed by atoms with van der Waals surface area (Å²) in [4.78, 5) is 14.0. The molecular formula is C28H57NO3. The van der Waals surface area contributed by atoms with Gasteiger partial charge in [0.2, 0.25) is 0 Å². The second kappa shape index (κ2) is 22.3. The van der Waals surface area contributed by atoms with Gasteiger partial charge in [-0.15, -0.1) is 0 Å². The van der Waals surface area contributed by atoms with E-state index in [-0.39, 0.29) is 11.8 Å². The topological polar surface area (TPSA) is 60.8 Å². The molecule has 0 aromatic carbocycles. The van der Waals surface area contributed by atoms with Crippen LogP contribution < -0.4 is 0 Å². The van der Waals surface area contributed by atoms with Crippen molar-refractivity contribution in [3.8, 4) is 0 Å². The maximum absolute atomic E-state index is 12.0. The molecule has 2 N–H and O–H groups in total. The molecule has 0 saturated heterocycles. The molecule has 4 heteroatoms. The number of ketones is 1. The van der Waals surface area contributed by atoms with Gasteiger partial charge < -0.3 is 10.2 Å².